The molecule has 0 saturated carbocycles. The van der Waals surface area contributed by atoms with Crippen molar-refractivity contribution in [3.05, 3.63) is 65.2 Å². The number of amides is 2. The number of piperidine rings is 1. The van der Waals surface area contributed by atoms with Crippen molar-refractivity contribution in [1.82, 2.24) is 15.1 Å². The van der Waals surface area contributed by atoms with Crippen molar-refractivity contribution in [2.45, 2.75) is 71.1 Å². The van der Waals surface area contributed by atoms with Crippen molar-refractivity contribution in [3.8, 4) is 5.75 Å². The number of ether oxygens (including phenoxy) is 1. The Hall–Kier alpha value is -2.86. The number of hydrogen-bond acceptors (Lipinski definition) is 4. The van der Waals surface area contributed by atoms with Crippen LogP contribution in [0.25, 0.3) is 0 Å². The lowest BCUT2D eigenvalue weighted by Crippen LogP contribution is -2.45. The second-order valence-corrected chi connectivity index (χ2v) is 9.47. The summed E-state index contributed by atoms with van der Waals surface area (Å²) in [7, 11) is 0. The molecule has 1 fully saturated rings. The topological polar surface area (TPSA) is 61.9 Å². The molecule has 6 nitrogen and oxygen atoms in total. The number of carbonyl (C=O) groups excluding carboxylic acids is 2. The molecule has 0 aliphatic carbocycles. The maximum Gasteiger partial charge on any atom is 0.255 e. The highest BCUT2D eigenvalue weighted by atomic mass is 16.5. The van der Waals surface area contributed by atoms with Gasteiger partial charge in [0.15, 0.2) is 0 Å². The zero-order valence-corrected chi connectivity index (χ0v) is 20.6. The molecule has 2 aliphatic heterocycles. The second-order valence-electron chi connectivity index (χ2n) is 9.47. The van der Waals surface area contributed by atoms with E-state index in [9.17, 15) is 9.59 Å². The molecular formula is C28H37N3O3. The van der Waals surface area contributed by atoms with Gasteiger partial charge in [0.2, 0.25) is 5.91 Å². The summed E-state index contributed by atoms with van der Waals surface area (Å²) in [6.07, 6.45) is 4.69. The molecule has 1 N–H and O–H groups in total. The first-order chi connectivity index (χ1) is 16.5. The van der Waals surface area contributed by atoms with E-state index in [1.807, 2.05) is 55.5 Å². The smallest absolute Gasteiger partial charge is 0.255 e. The first kappa shape index (κ1) is 24.3. The van der Waals surface area contributed by atoms with Crippen LogP contribution in [-0.2, 0) is 11.3 Å². The van der Waals surface area contributed by atoms with Gasteiger partial charge < -0.3 is 15.0 Å². The van der Waals surface area contributed by atoms with Crippen LogP contribution in [0.3, 0.4) is 0 Å². The number of benzene rings is 2. The lowest BCUT2D eigenvalue weighted by atomic mass is 9.97. The summed E-state index contributed by atoms with van der Waals surface area (Å²) in [4.78, 5) is 30.9. The summed E-state index contributed by atoms with van der Waals surface area (Å²) in [5.74, 6) is 0.516. The Balaban J connectivity index is 1.45. The minimum Gasteiger partial charge on any atom is -0.494 e. The van der Waals surface area contributed by atoms with E-state index < -0.39 is 6.04 Å². The SMILES string of the molecule is CCOc1ccccc1CN1C(=O)c2ccccc2C1C(=O)NCCCN1C(C)CCCC1C. The number of likely N-dealkylation sites (tertiary alicyclic amines) is 1. The Morgan fingerprint density at radius 1 is 1.06 bits per heavy atom. The van der Waals surface area contributed by atoms with Gasteiger partial charge in [-0.2, -0.15) is 0 Å². The van der Waals surface area contributed by atoms with Gasteiger partial charge in [0, 0.05) is 36.3 Å². The third kappa shape index (κ3) is 5.12. The van der Waals surface area contributed by atoms with Gasteiger partial charge in [0.25, 0.3) is 5.91 Å². The fourth-order valence-corrected chi connectivity index (χ4v) is 5.42. The number of hydrogen-bond donors (Lipinski definition) is 1. The Bertz CT molecular complexity index is 998. The molecule has 34 heavy (non-hydrogen) atoms. The summed E-state index contributed by atoms with van der Waals surface area (Å²) >= 11 is 0. The molecule has 182 valence electrons. The molecule has 3 unspecified atom stereocenters. The Morgan fingerprint density at radius 2 is 1.76 bits per heavy atom. The molecule has 2 aromatic carbocycles. The number of rotatable bonds is 9. The van der Waals surface area contributed by atoms with Crippen LogP contribution >= 0.6 is 0 Å². The number of para-hydroxylation sites is 1. The molecule has 3 atom stereocenters. The molecule has 1 saturated heterocycles. The van der Waals surface area contributed by atoms with E-state index in [2.05, 4.69) is 24.1 Å². The van der Waals surface area contributed by atoms with E-state index in [1.165, 1.54) is 19.3 Å². The van der Waals surface area contributed by atoms with Crippen LogP contribution < -0.4 is 10.1 Å². The number of fused-ring (bicyclic) bond motifs is 1. The Kier molecular flexibility index (Phi) is 7.88. The first-order valence-electron chi connectivity index (χ1n) is 12.6. The maximum absolute atomic E-state index is 13.4. The molecule has 2 aliphatic rings. The highest BCUT2D eigenvalue weighted by Gasteiger charge is 2.41. The molecule has 0 bridgehead atoms. The maximum atomic E-state index is 13.4. The molecule has 0 radical (unpaired) electrons. The lowest BCUT2D eigenvalue weighted by molar-refractivity contribution is -0.125. The lowest BCUT2D eigenvalue weighted by Gasteiger charge is -2.39. The Labute approximate surface area is 203 Å². The minimum atomic E-state index is -0.633. The van der Waals surface area contributed by atoms with Gasteiger partial charge in [-0.3, -0.25) is 14.5 Å². The van der Waals surface area contributed by atoms with Crippen LogP contribution in [-0.4, -0.2) is 53.4 Å². The predicted octanol–water partition coefficient (Wildman–Crippen LogP) is 4.55. The normalized spacial score (nSPS) is 22.5. The highest BCUT2D eigenvalue weighted by molar-refractivity contribution is 6.04. The van der Waals surface area contributed by atoms with E-state index in [1.54, 1.807) is 4.90 Å². The van der Waals surface area contributed by atoms with E-state index in [0.29, 0.717) is 37.3 Å². The average Bonchev–Trinajstić information content (AvgIpc) is 3.11. The molecule has 6 heteroatoms. The van der Waals surface area contributed by atoms with Crippen molar-refractivity contribution in [2.24, 2.45) is 0 Å². The van der Waals surface area contributed by atoms with Crippen molar-refractivity contribution >= 4 is 11.8 Å². The van der Waals surface area contributed by atoms with Gasteiger partial charge in [0.1, 0.15) is 11.8 Å². The van der Waals surface area contributed by atoms with Crippen LogP contribution in [0.5, 0.6) is 5.75 Å². The third-order valence-electron chi connectivity index (χ3n) is 7.19. The summed E-state index contributed by atoms with van der Waals surface area (Å²) in [5.41, 5.74) is 2.28. The van der Waals surface area contributed by atoms with E-state index >= 15 is 0 Å². The summed E-state index contributed by atoms with van der Waals surface area (Å²) in [5, 5.41) is 3.12. The average molecular weight is 464 g/mol. The van der Waals surface area contributed by atoms with Crippen LogP contribution in [0.2, 0.25) is 0 Å². The first-order valence-corrected chi connectivity index (χ1v) is 12.6. The number of nitrogens with zero attached hydrogens (tertiary/aromatic N) is 2. The van der Waals surface area contributed by atoms with Crippen LogP contribution in [0.15, 0.2) is 48.5 Å². The highest BCUT2D eigenvalue weighted by Crippen LogP contribution is 2.36. The third-order valence-corrected chi connectivity index (χ3v) is 7.19. The van der Waals surface area contributed by atoms with Gasteiger partial charge >= 0.3 is 0 Å². The molecule has 4 rings (SSSR count). The van der Waals surface area contributed by atoms with Gasteiger partial charge in [-0.15, -0.1) is 0 Å². The molecule has 2 amide bonds. The number of nitrogens with one attached hydrogen (secondary N) is 1. The minimum absolute atomic E-state index is 0.113. The standard InChI is InChI=1S/C28H37N3O3/c1-4-34-25-16-8-5-13-22(25)19-31-26(23-14-6-7-15-24(23)28(31)33)27(32)29-17-10-18-30-20(2)11-9-12-21(30)3/h5-8,13-16,20-21,26H,4,9-12,17-19H2,1-3H3,(H,29,32). The zero-order chi connectivity index (χ0) is 24.1. The van der Waals surface area contributed by atoms with Crippen molar-refractivity contribution in [2.75, 3.05) is 19.7 Å². The fraction of sp³-hybridized carbons (Fsp3) is 0.500. The Morgan fingerprint density at radius 3 is 2.53 bits per heavy atom. The number of carbonyl (C=O) groups is 2. The predicted molar refractivity (Wildman–Crippen MR) is 134 cm³/mol. The van der Waals surface area contributed by atoms with Gasteiger partial charge in [0.05, 0.1) is 13.2 Å². The second kappa shape index (κ2) is 11.0. The van der Waals surface area contributed by atoms with Crippen molar-refractivity contribution < 1.29 is 14.3 Å². The quantitative estimate of drug-likeness (QED) is 0.554. The molecule has 0 aromatic heterocycles. The van der Waals surface area contributed by atoms with E-state index in [0.717, 1.165) is 29.8 Å². The fourth-order valence-electron chi connectivity index (χ4n) is 5.42. The van der Waals surface area contributed by atoms with Crippen molar-refractivity contribution in [3.63, 3.8) is 0 Å². The van der Waals surface area contributed by atoms with Gasteiger partial charge in [-0.25, -0.2) is 0 Å². The zero-order valence-electron chi connectivity index (χ0n) is 20.6. The monoisotopic (exact) mass is 463 g/mol. The van der Waals surface area contributed by atoms with Gasteiger partial charge in [-0.1, -0.05) is 42.8 Å². The molecule has 0 spiro atoms. The largest absolute Gasteiger partial charge is 0.494 e. The summed E-state index contributed by atoms with van der Waals surface area (Å²) < 4.78 is 5.77. The molecule has 2 aromatic rings. The van der Waals surface area contributed by atoms with Crippen LogP contribution in [0.1, 0.15) is 74.0 Å². The van der Waals surface area contributed by atoms with E-state index in [-0.39, 0.29) is 11.8 Å². The molecule has 2 heterocycles. The van der Waals surface area contributed by atoms with Gasteiger partial charge in [-0.05, 0) is 57.7 Å². The summed E-state index contributed by atoms with van der Waals surface area (Å²) in [6, 6.07) is 15.7. The summed E-state index contributed by atoms with van der Waals surface area (Å²) in [6.45, 7) is 8.99. The van der Waals surface area contributed by atoms with Crippen LogP contribution in [0, 0.1) is 0 Å². The molecular weight excluding hydrogens is 426 g/mol. The van der Waals surface area contributed by atoms with Crippen LogP contribution in [0.4, 0.5) is 0 Å². The van der Waals surface area contributed by atoms with Crippen molar-refractivity contribution in [1.29, 1.82) is 0 Å². The van der Waals surface area contributed by atoms with E-state index in [4.69, 9.17) is 4.74 Å².